The summed E-state index contributed by atoms with van der Waals surface area (Å²) in [6, 6.07) is 17.2. The summed E-state index contributed by atoms with van der Waals surface area (Å²) in [7, 11) is -3.98. The zero-order chi connectivity index (χ0) is 22.6. The van der Waals surface area contributed by atoms with Gasteiger partial charge in [0.1, 0.15) is 5.02 Å². The lowest BCUT2D eigenvalue weighted by Gasteiger charge is -2.25. The number of hydrogen-bond acceptors (Lipinski definition) is 4. The maximum atomic E-state index is 13.4. The molecular formula is C22H24ClN3O4S. The summed E-state index contributed by atoms with van der Waals surface area (Å²) in [4.78, 5) is 10.4. The zero-order valence-electron chi connectivity index (χ0n) is 17.3. The minimum Gasteiger partial charge on any atom is -0.346 e. The van der Waals surface area contributed by atoms with Gasteiger partial charge in [0.25, 0.3) is 5.69 Å². The van der Waals surface area contributed by atoms with Gasteiger partial charge in [-0.25, -0.2) is 8.42 Å². The number of nitro benzene ring substituents is 1. The zero-order valence-corrected chi connectivity index (χ0v) is 18.9. The fourth-order valence-corrected chi connectivity index (χ4v) is 5.09. The molecular weight excluding hydrogens is 438 g/mol. The van der Waals surface area contributed by atoms with Gasteiger partial charge in [-0.05, 0) is 35.7 Å². The first kappa shape index (κ1) is 23.0. The Balaban J connectivity index is 1.94. The van der Waals surface area contributed by atoms with Gasteiger partial charge in [-0.2, -0.15) is 4.31 Å². The summed E-state index contributed by atoms with van der Waals surface area (Å²) in [6.45, 7) is 4.89. The van der Waals surface area contributed by atoms with Crippen LogP contribution < -0.4 is 0 Å². The Morgan fingerprint density at radius 3 is 2.45 bits per heavy atom. The number of halogens is 1. The van der Waals surface area contributed by atoms with Crippen molar-refractivity contribution in [2.45, 2.75) is 31.8 Å². The molecule has 0 fully saturated rings. The van der Waals surface area contributed by atoms with E-state index in [0.29, 0.717) is 6.54 Å². The van der Waals surface area contributed by atoms with Crippen LogP contribution in [0, 0.1) is 16.0 Å². The second kappa shape index (κ2) is 9.64. The SMILES string of the molecule is CC(C)CN(Cc1cccn1Cc1ccccc1)S(=O)(=O)c1ccc(Cl)c([N+](=O)[O-])c1. The average molecular weight is 462 g/mol. The summed E-state index contributed by atoms with van der Waals surface area (Å²) in [5.74, 6) is 0.0644. The maximum Gasteiger partial charge on any atom is 0.289 e. The smallest absolute Gasteiger partial charge is 0.289 e. The molecule has 0 amide bonds. The van der Waals surface area contributed by atoms with Crippen LogP contribution in [0.4, 0.5) is 5.69 Å². The lowest BCUT2D eigenvalue weighted by molar-refractivity contribution is -0.384. The Morgan fingerprint density at radius 1 is 1.10 bits per heavy atom. The Bertz CT molecular complexity index is 1160. The molecule has 0 saturated carbocycles. The van der Waals surface area contributed by atoms with Crippen molar-refractivity contribution in [1.82, 2.24) is 8.87 Å². The lowest BCUT2D eigenvalue weighted by atomic mass is 10.2. The molecule has 0 unspecified atom stereocenters. The first-order valence-electron chi connectivity index (χ1n) is 9.80. The van der Waals surface area contributed by atoms with Crippen molar-refractivity contribution in [1.29, 1.82) is 0 Å². The molecule has 0 aliphatic rings. The van der Waals surface area contributed by atoms with Gasteiger partial charge in [0.15, 0.2) is 0 Å². The van der Waals surface area contributed by atoms with Crippen molar-refractivity contribution >= 4 is 27.3 Å². The minimum absolute atomic E-state index is 0.0644. The lowest BCUT2D eigenvalue weighted by Crippen LogP contribution is -2.34. The molecule has 1 heterocycles. The molecule has 0 saturated heterocycles. The van der Waals surface area contributed by atoms with Crippen LogP contribution >= 0.6 is 11.6 Å². The van der Waals surface area contributed by atoms with Crippen LogP contribution in [-0.2, 0) is 23.1 Å². The fraction of sp³-hybridized carbons (Fsp3) is 0.273. The van der Waals surface area contributed by atoms with E-state index in [0.717, 1.165) is 17.3 Å². The molecule has 3 aromatic rings. The van der Waals surface area contributed by atoms with Gasteiger partial charge in [0, 0.05) is 31.0 Å². The van der Waals surface area contributed by atoms with Crippen molar-refractivity contribution in [2.24, 2.45) is 5.92 Å². The van der Waals surface area contributed by atoms with Crippen molar-refractivity contribution in [3.05, 3.63) is 93.3 Å². The van der Waals surface area contributed by atoms with Crippen molar-refractivity contribution in [3.8, 4) is 0 Å². The highest BCUT2D eigenvalue weighted by atomic mass is 35.5. The van der Waals surface area contributed by atoms with Gasteiger partial charge in [-0.1, -0.05) is 55.8 Å². The van der Waals surface area contributed by atoms with Crippen LogP contribution in [0.5, 0.6) is 0 Å². The van der Waals surface area contributed by atoms with Crippen LogP contribution in [0.25, 0.3) is 0 Å². The minimum atomic E-state index is -3.98. The van der Waals surface area contributed by atoms with Gasteiger partial charge < -0.3 is 4.57 Å². The van der Waals surface area contributed by atoms with Gasteiger partial charge in [0.2, 0.25) is 10.0 Å². The molecule has 0 spiro atoms. The number of sulfonamides is 1. The number of benzene rings is 2. The van der Waals surface area contributed by atoms with Gasteiger partial charge in [0.05, 0.1) is 16.4 Å². The second-order valence-electron chi connectivity index (χ2n) is 7.67. The molecule has 7 nitrogen and oxygen atoms in total. The molecule has 0 bridgehead atoms. The standard InChI is InChI=1S/C22H24ClN3O4S/c1-17(2)14-25(31(29,30)20-10-11-21(23)22(13-20)26(27)28)16-19-9-6-12-24(19)15-18-7-4-3-5-8-18/h3-13,17H,14-16H2,1-2H3. The Hall–Kier alpha value is -2.68. The number of nitro groups is 1. The van der Waals surface area contributed by atoms with E-state index in [2.05, 4.69) is 0 Å². The highest BCUT2D eigenvalue weighted by Crippen LogP contribution is 2.29. The monoisotopic (exact) mass is 461 g/mol. The predicted octanol–water partition coefficient (Wildman–Crippen LogP) is 4.94. The van der Waals surface area contributed by atoms with Crippen molar-refractivity contribution in [2.75, 3.05) is 6.54 Å². The third-order valence-corrected chi connectivity index (χ3v) is 6.91. The molecule has 0 aliphatic heterocycles. The summed E-state index contributed by atoms with van der Waals surface area (Å²) >= 11 is 5.86. The summed E-state index contributed by atoms with van der Waals surface area (Å²) in [5, 5.41) is 11.1. The van der Waals surface area contributed by atoms with E-state index in [-0.39, 0.29) is 28.9 Å². The molecule has 0 radical (unpaired) electrons. The van der Waals surface area contributed by atoms with Crippen LogP contribution in [0.15, 0.2) is 71.8 Å². The average Bonchev–Trinajstić information content (AvgIpc) is 3.14. The van der Waals surface area contributed by atoms with E-state index in [9.17, 15) is 18.5 Å². The molecule has 1 aromatic heterocycles. The highest BCUT2D eigenvalue weighted by molar-refractivity contribution is 7.89. The molecule has 0 aliphatic carbocycles. The number of hydrogen-bond donors (Lipinski definition) is 0. The largest absolute Gasteiger partial charge is 0.346 e. The molecule has 9 heteroatoms. The summed E-state index contributed by atoms with van der Waals surface area (Å²) in [6.07, 6.45) is 1.91. The first-order valence-corrected chi connectivity index (χ1v) is 11.6. The first-order chi connectivity index (χ1) is 14.7. The Labute approximate surface area is 187 Å². The van der Waals surface area contributed by atoms with Crippen molar-refractivity contribution < 1.29 is 13.3 Å². The quantitative estimate of drug-likeness (QED) is 0.333. The second-order valence-corrected chi connectivity index (χ2v) is 10.0. The summed E-state index contributed by atoms with van der Waals surface area (Å²) in [5.41, 5.74) is 1.50. The Morgan fingerprint density at radius 2 is 1.81 bits per heavy atom. The maximum absolute atomic E-state index is 13.4. The van der Waals surface area contributed by atoms with Crippen molar-refractivity contribution in [3.63, 3.8) is 0 Å². The highest BCUT2D eigenvalue weighted by Gasteiger charge is 2.28. The van der Waals surface area contributed by atoms with Crippen LogP contribution in [0.1, 0.15) is 25.1 Å². The molecule has 3 rings (SSSR count). The van der Waals surface area contributed by atoms with E-state index >= 15 is 0 Å². The summed E-state index contributed by atoms with van der Waals surface area (Å²) < 4.78 is 30.2. The van der Waals surface area contributed by atoms with Crippen LogP contribution in [0.2, 0.25) is 5.02 Å². The van der Waals surface area contributed by atoms with Gasteiger partial charge >= 0.3 is 0 Å². The molecule has 0 N–H and O–H groups in total. The van der Waals surface area contributed by atoms with E-state index < -0.39 is 20.6 Å². The van der Waals surface area contributed by atoms with Crippen LogP contribution in [0.3, 0.4) is 0 Å². The normalized spacial score (nSPS) is 11.9. The topological polar surface area (TPSA) is 85.5 Å². The molecule has 164 valence electrons. The fourth-order valence-electron chi connectivity index (χ4n) is 3.30. The molecule has 0 atom stereocenters. The van der Waals surface area contributed by atoms with E-state index in [1.807, 2.05) is 67.1 Å². The van der Waals surface area contributed by atoms with Gasteiger partial charge in [-0.15, -0.1) is 0 Å². The van der Waals surface area contributed by atoms with Crippen LogP contribution in [-0.4, -0.2) is 28.8 Å². The Kier molecular flexibility index (Phi) is 7.15. The number of aromatic nitrogens is 1. The van der Waals surface area contributed by atoms with E-state index in [4.69, 9.17) is 11.6 Å². The third-order valence-electron chi connectivity index (χ3n) is 4.78. The molecule has 2 aromatic carbocycles. The van der Waals surface area contributed by atoms with E-state index in [1.165, 1.54) is 16.4 Å². The van der Waals surface area contributed by atoms with E-state index in [1.54, 1.807) is 0 Å². The number of rotatable bonds is 9. The van der Waals surface area contributed by atoms with Gasteiger partial charge in [-0.3, -0.25) is 10.1 Å². The molecule has 31 heavy (non-hydrogen) atoms. The number of nitrogens with zero attached hydrogens (tertiary/aromatic N) is 3. The predicted molar refractivity (Wildman–Crippen MR) is 121 cm³/mol. The third kappa shape index (κ3) is 5.52.